The van der Waals surface area contributed by atoms with E-state index in [1.807, 2.05) is 0 Å². The minimum absolute atomic E-state index is 0.0131. The highest BCUT2D eigenvalue weighted by Crippen LogP contribution is 2.28. The largest absolute Gasteiger partial charge is 0.447 e. The van der Waals surface area contributed by atoms with E-state index in [0.717, 1.165) is 32.5 Å². The van der Waals surface area contributed by atoms with Crippen molar-refractivity contribution in [3.63, 3.8) is 0 Å². The number of fused-ring (bicyclic) bond motifs is 3. The summed E-state index contributed by atoms with van der Waals surface area (Å²) >= 11 is 0. The van der Waals surface area contributed by atoms with Gasteiger partial charge < -0.3 is 14.6 Å². The predicted molar refractivity (Wildman–Crippen MR) is 74.7 cm³/mol. The van der Waals surface area contributed by atoms with Crippen molar-refractivity contribution < 1.29 is 12.8 Å². The standard InChI is InChI=1S/C13H21N3O3S/c1-14-8-11-2-3-13(19-11)20(17,18)15-12-9-16-6-4-10(12)5-7-16/h2-3,10,12,14-15H,4-9H2,1H3. The van der Waals surface area contributed by atoms with Crippen molar-refractivity contribution in [1.82, 2.24) is 14.9 Å². The average Bonchev–Trinajstić information content (AvgIpc) is 2.90. The highest BCUT2D eigenvalue weighted by molar-refractivity contribution is 7.89. The lowest BCUT2D eigenvalue weighted by molar-refractivity contribution is 0.0825. The van der Waals surface area contributed by atoms with Gasteiger partial charge in [-0.05, 0) is 51.0 Å². The summed E-state index contributed by atoms with van der Waals surface area (Å²) in [6.45, 7) is 3.52. The summed E-state index contributed by atoms with van der Waals surface area (Å²) in [5, 5.41) is 2.95. The van der Waals surface area contributed by atoms with E-state index in [9.17, 15) is 8.42 Å². The van der Waals surface area contributed by atoms with Gasteiger partial charge in [0.25, 0.3) is 10.0 Å². The van der Waals surface area contributed by atoms with E-state index in [1.54, 1.807) is 13.1 Å². The smallest absolute Gasteiger partial charge is 0.274 e. The quantitative estimate of drug-likeness (QED) is 0.822. The van der Waals surface area contributed by atoms with Crippen LogP contribution in [-0.4, -0.2) is 46.0 Å². The Morgan fingerprint density at radius 3 is 2.70 bits per heavy atom. The first kappa shape index (κ1) is 14.1. The Balaban J connectivity index is 1.71. The molecule has 0 spiro atoms. The van der Waals surface area contributed by atoms with Gasteiger partial charge in [-0.15, -0.1) is 0 Å². The zero-order valence-corrected chi connectivity index (χ0v) is 12.4. The first-order valence-corrected chi connectivity index (χ1v) is 8.55. The topological polar surface area (TPSA) is 74.6 Å². The number of hydrogen-bond acceptors (Lipinski definition) is 5. The molecular weight excluding hydrogens is 278 g/mol. The zero-order valence-electron chi connectivity index (χ0n) is 11.6. The minimum atomic E-state index is -3.55. The summed E-state index contributed by atoms with van der Waals surface area (Å²) in [6.07, 6.45) is 2.16. The first-order chi connectivity index (χ1) is 9.58. The lowest BCUT2D eigenvalue weighted by Crippen LogP contribution is -2.57. The summed E-state index contributed by atoms with van der Waals surface area (Å²) in [5.41, 5.74) is 0. The van der Waals surface area contributed by atoms with Crippen LogP contribution in [0.3, 0.4) is 0 Å². The molecule has 3 aliphatic heterocycles. The molecule has 0 amide bonds. The van der Waals surface area contributed by atoms with Crippen LogP contribution in [0, 0.1) is 5.92 Å². The van der Waals surface area contributed by atoms with Crippen molar-refractivity contribution in [2.75, 3.05) is 26.7 Å². The second-order valence-corrected chi connectivity index (χ2v) is 7.26. The van der Waals surface area contributed by atoms with Gasteiger partial charge in [0, 0.05) is 12.6 Å². The molecule has 1 aromatic rings. The van der Waals surface area contributed by atoms with E-state index < -0.39 is 10.0 Å². The Morgan fingerprint density at radius 1 is 1.35 bits per heavy atom. The van der Waals surface area contributed by atoms with Gasteiger partial charge in [-0.1, -0.05) is 0 Å². The molecular formula is C13H21N3O3S. The normalized spacial score (nSPS) is 29.8. The van der Waals surface area contributed by atoms with Gasteiger partial charge in [0.15, 0.2) is 0 Å². The molecule has 3 aliphatic rings. The maximum Gasteiger partial charge on any atom is 0.274 e. The van der Waals surface area contributed by atoms with Crippen LogP contribution in [0.4, 0.5) is 0 Å². The van der Waals surface area contributed by atoms with E-state index in [-0.39, 0.29) is 11.1 Å². The van der Waals surface area contributed by atoms with Gasteiger partial charge in [-0.3, -0.25) is 0 Å². The first-order valence-electron chi connectivity index (χ1n) is 7.06. The van der Waals surface area contributed by atoms with Gasteiger partial charge in [0.1, 0.15) is 5.76 Å². The van der Waals surface area contributed by atoms with E-state index in [0.29, 0.717) is 18.2 Å². The van der Waals surface area contributed by atoms with Gasteiger partial charge in [0.2, 0.25) is 5.09 Å². The Hall–Kier alpha value is -0.890. The van der Waals surface area contributed by atoms with E-state index >= 15 is 0 Å². The van der Waals surface area contributed by atoms with Gasteiger partial charge in [0.05, 0.1) is 6.54 Å². The minimum Gasteiger partial charge on any atom is -0.447 e. The molecule has 2 N–H and O–H groups in total. The second kappa shape index (κ2) is 5.48. The van der Waals surface area contributed by atoms with E-state index in [4.69, 9.17) is 4.42 Å². The molecule has 0 saturated carbocycles. The molecule has 1 unspecified atom stereocenters. The zero-order chi connectivity index (χ0) is 14.2. The molecule has 20 heavy (non-hydrogen) atoms. The van der Waals surface area contributed by atoms with Crippen LogP contribution in [0.1, 0.15) is 18.6 Å². The van der Waals surface area contributed by atoms with Crippen LogP contribution < -0.4 is 10.0 Å². The third-order valence-corrected chi connectivity index (χ3v) is 5.58. The second-order valence-electron chi connectivity index (χ2n) is 5.62. The molecule has 0 radical (unpaired) electrons. The SMILES string of the molecule is CNCc1ccc(S(=O)(=O)NC2CN3CCC2CC3)o1. The fourth-order valence-electron chi connectivity index (χ4n) is 3.13. The lowest BCUT2D eigenvalue weighted by Gasteiger charge is -2.44. The Bertz CT molecular complexity index is 561. The van der Waals surface area contributed by atoms with Crippen molar-refractivity contribution in [3.8, 4) is 0 Å². The fraction of sp³-hybridized carbons (Fsp3) is 0.692. The summed E-state index contributed by atoms with van der Waals surface area (Å²) in [5.74, 6) is 1.09. The van der Waals surface area contributed by atoms with Crippen molar-refractivity contribution in [2.45, 2.75) is 30.5 Å². The fourth-order valence-corrected chi connectivity index (χ4v) is 4.37. The molecule has 4 heterocycles. The number of nitrogens with one attached hydrogen (secondary N) is 2. The summed E-state index contributed by atoms with van der Waals surface area (Å²) in [4.78, 5) is 2.32. The molecule has 2 bridgehead atoms. The van der Waals surface area contributed by atoms with Crippen LogP contribution in [0.2, 0.25) is 0 Å². The number of furan rings is 1. The van der Waals surface area contributed by atoms with Gasteiger partial charge in [-0.25, -0.2) is 13.1 Å². The Morgan fingerprint density at radius 2 is 2.10 bits per heavy atom. The molecule has 1 atom stereocenters. The summed E-state index contributed by atoms with van der Waals surface area (Å²) in [6, 6.07) is 3.23. The van der Waals surface area contributed by atoms with Crippen LogP contribution in [0.15, 0.2) is 21.6 Å². The monoisotopic (exact) mass is 299 g/mol. The number of rotatable bonds is 5. The Kier molecular flexibility index (Phi) is 3.85. The number of piperidine rings is 3. The number of nitrogens with zero attached hydrogens (tertiary/aromatic N) is 1. The molecule has 0 aromatic carbocycles. The number of sulfonamides is 1. The van der Waals surface area contributed by atoms with Crippen molar-refractivity contribution in [2.24, 2.45) is 5.92 Å². The van der Waals surface area contributed by atoms with Crippen molar-refractivity contribution in [3.05, 3.63) is 17.9 Å². The molecule has 7 heteroatoms. The predicted octanol–water partition coefficient (Wildman–Crippen LogP) is 0.372. The number of hydrogen-bond donors (Lipinski definition) is 2. The van der Waals surface area contributed by atoms with E-state index in [1.165, 1.54) is 6.07 Å². The summed E-state index contributed by atoms with van der Waals surface area (Å²) < 4.78 is 32.9. The molecule has 0 aliphatic carbocycles. The van der Waals surface area contributed by atoms with Crippen molar-refractivity contribution in [1.29, 1.82) is 0 Å². The maximum absolute atomic E-state index is 12.4. The van der Waals surface area contributed by atoms with Gasteiger partial charge in [-0.2, -0.15) is 0 Å². The van der Waals surface area contributed by atoms with Crippen LogP contribution in [-0.2, 0) is 16.6 Å². The van der Waals surface area contributed by atoms with Crippen molar-refractivity contribution >= 4 is 10.0 Å². The lowest BCUT2D eigenvalue weighted by atomic mass is 9.85. The average molecular weight is 299 g/mol. The van der Waals surface area contributed by atoms with Crippen LogP contribution >= 0.6 is 0 Å². The highest BCUT2D eigenvalue weighted by atomic mass is 32.2. The maximum atomic E-state index is 12.4. The molecule has 112 valence electrons. The molecule has 3 fully saturated rings. The third kappa shape index (κ3) is 2.76. The molecule has 3 saturated heterocycles. The van der Waals surface area contributed by atoms with Crippen LogP contribution in [0.25, 0.3) is 0 Å². The van der Waals surface area contributed by atoms with Gasteiger partial charge >= 0.3 is 0 Å². The summed E-state index contributed by atoms with van der Waals surface area (Å²) in [7, 11) is -1.76. The molecule has 6 nitrogen and oxygen atoms in total. The Labute approximate surface area is 119 Å². The highest BCUT2D eigenvalue weighted by Gasteiger charge is 2.37. The van der Waals surface area contributed by atoms with E-state index in [2.05, 4.69) is 14.9 Å². The molecule has 1 aromatic heterocycles. The molecule has 4 rings (SSSR count). The van der Waals surface area contributed by atoms with Crippen LogP contribution in [0.5, 0.6) is 0 Å². The third-order valence-electron chi connectivity index (χ3n) is 4.22.